The number of aromatic nitrogens is 2. The summed E-state index contributed by atoms with van der Waals surface area (Å²) in [5, 5.41) is 8.94. The largest absolute Gasteiger partial charge is 0.392 e. The van der Waals surface area contributed by atoms with Gasteiger partial charge in [0.1, 0.15) is 0 Å². The Kier molecular flexibility index (Phi) is 2.97. The van der Waals surface area contributed by atoms with Gasteiger partial charge in [-0.1, -0.05) is 12.2 Å². The molecule has 0 bridgehead atoms. The molecule has 1 aromatic heterocycles. The number of H-pyrrole nitrogens is 1. The van der Waals surface area contributed by atoms with Gasteiger partial charge in [0, 0.05) is 5.69 Å². The number of aryl methyl sites for hydroxylation is 1. The van der Waals surface area contributed by atoms with E-state index in [0.29, 0.717) is 5.56 Å². The monoisotopic (exact) mass is 198 g/mol. The Morgan fingerprint density at radius 2 is 2.54 bits per heavy atom. The molecular formula is C7H10N4OS. The fourth-order valence-electron chi connectivity index (χ4n) is 0.842. The van der Waals surface area contributed by atoms with Crippen molar-refractivity contribution in [3.05, 3.63) is 17.5 Å². The molecule has 0 aliphatic heterocycles. The maximum absolute atomic E-state index is 11.3. The van der Waals surface area contributed by atoms with Crippen LogP contribution in [0.1, 0.15) is 16.1 Å². The van der Waals surface area contributed by atoms with E-state index in [1.807, 2.05) is 0 Å². The summed E-state index contributed by atoms with van der Waals surface area (Å²) in [6.45, 7) is 1.97. The average molecular weight is 198 g/mol. The van der Waals surface area contributed by atoms with E-state index < -0.39 is 0 Å². The number of rotatable bonds is 3. The highest BCUT2D eigenvalue weighted by molar-refractivity contribution is 7.80. The molecule has 13 heavy (non-hydrogen) atoms. The molecule has 0 spiro atoms. The fourth-order valence-corrected chi connectivity index (χ4v) is 0.914. The average Bonchev–Trinajstić information content (AvgIpc) is 2.47. The molecule has 0 aromatic carbocycles. The molecule has 1 rings (SSSR count). The molecule has 0 saturated heterocycles. The molecule has 0 atom stereocenters. The Morgan fingerprint density at radius 1 is 1.85 bits per heavy atom. The first kappa shape index (κ1) is 9.66. The fraction of sp³-hybridized carbons (Fsp3) is 0.286. The lowest BCUT2D eigenvalue weighted by Gasteiger charge is -2.01. The van der Waals surface area contributed by atoms with Crippen molar-refractivity contribution in [3.8, 4) is 0 Å². The highest BCUT2D eigenvalue weighted by atomic mass is 32.1. The number of nitrogens with zero attached hydrogens (tertiary/aromatic N) is 1. The minimum Gasteiger partial charge on any atom is -0.392 e. The molecule has 6 heteroatoms. The van der Waals surface area contributed by atoms with E-state index in [4.69, 9.17) is 5.73 Å². The van der Waals surface area contributed by atoms with E-state index in [1.54, 1.807) is 6.92 Å². The predicted molar refractivity (Wildman–Crippen MR) is 52.4 cm³/mol. The van der Waals surface area contributed by atoms with Gasteiger partial charge in [-0.3, -0.25) is 9.89 Å². The van der Waals surface area contributed by atoms with Crippen LogP contribution in [0.15, 0.2) is 6.20 Å². The van der Waals surface area contributed by atoms with Gasteiger partial charge < -0.3 is 11.1 Å². The first-order chi connectivity index (χ1) is 6.11. The maximum atomic E-state index is 11.3. The van der Waals surface area contributed by atoms with Gasteiger partial charge in [-0.15, -0.1) is 0 Å². The van der Waals surface area contributed by atoms with E-state index in [1.165, 1.54) is 6.20 Å². The molecule has 0 aliphatic carbocycles. The second-order valence-corrected chi connectivity index (χ2v) is 3.08. The van der Waals surface area contributed by atoms with Gasteiger partial charge in [0.25, 0.3) is 5.91 Å². The number of carbonyl (C=O) groups is 1. The van der Waals surface area contributed by atoms with Crippen LogP contribution in [-0.2, 0) is 0 Å². The van der Waals surface area contributed by atoms with Gasteiger partial charge in [-0.05, 0) is 6.92 Å². The van der Waals surface area contributed by atoms with Crippen LogP contribution in [0.4, 0.5) is 0 Å². The number of thiocarbonyl (C=S) groups is 1. The Hall–Kier alpha value is -1.43. The normalized spacial score (nSPS) is 9.62. The standard InChI is InChI=1S/C7H10N4OS/c1-4-5(2-10-11-4)7(12)9-3-6(8)13/h2H,3H2,1H3,(H2,8,13)(H,9,12)(H,10,11). The summed E-state index contributed by atoms with van der Waals surface area (Å²) in [6, 6.07) is 0. The topological polar surface area (TPSA) is 83.8 Å². The summed E-state index contributed by atoms with van der Waals surface area (Å²) in [5.74, 6) is -0.223. The number of hydrogen-bond acceptors (Lipinski definition) is 3. The molecule has 0 saturated carbocycles. The van der Waals surface area contributed by atoms with Crippen LogP contribution in [0.25, 0.3) is 0 Å². The number of aromatic amines is 1. The van der Waals surface area contributed by atoms with Gasteiger partial charge in [0.15, 0.2) is 0 Å². The van der Waals surface area contributed by atoms with E-state index in [0.717, 1.165) is 5.69 Å². The van der Waals surface area contributed by atoms with Crippen molar-refractivity contribution in [2.24, 2.45) is 5.73 Å². The van der Waals surface area contributed by atoms with Crippen molar-refractivity contribution < 1.29 is 4.79 Å². The lowest BCUT2D eigenvalue weighted by Crippen LogP contribution is -2.32. The van der Waals surface area contributed by atoms with Crippen LogP contribution in [0.5, 0.6) is 0 Å². The van der Waals surface area contributed by atoms with Crippen LogP contribution in [0.3, 0.4) is 0 Å². The second kappa shape index (κ2) is 3.99. The van der Waals surface area contributed by atoms with Crippen molar-refractivity contribution in [1.29, 1.82) is 0 Å². The lowest BCUT2D eigenvalue weighted by atomic mass is 10.2. The minimum atomic E-state index is -0.223. The molecular weight excluding hydrogens is 188 g/mol. The number of nitrogens with one attached hydrogen (secondary N) is 2. The molecule has 0 radical (unpaired) electrons. The van der Waals surface area contributed by atoms with Gasteiger partial charge in [0.05, 0.1) is 23.3 Å². The second-order valence-electron chi connectivity index (χ2n) is 2.56. The quantitative estimate of drug-likeness (QED) is 0.584. The molecule has 0 unspecified atom stereocenters. The Labute approximate surface area is 80.7 Å². The third kappa shape index (κ3) is 2.51. The first-order valence-corrected chi connectivity index (χ1v) is 4.08. The van der Waals surface area contributed by atoms with Gasteiger partial charge >= 0.3 is 0 Å². The number of carbonyl (C=O) groups excluding carboxylic acids is 1. The van der Waals surface area contributed by atoms with E-state index in [2.05, 4.69) is 27.7 Å². The third-order valence-corrected chi connectivity index (χ3v) is 1.64. The van der Waals surface area contributed by atoms with Gasteiger partial charge in [-0.25, -0.2) is 0 Å². The Bertz CT molecular complexity index is 333. The molecule has 4 N–H and O–H groups in total. The van der Waals surface area contributed by atoms with Crippen molar-refractivity contribution in [1.82, 2.24) is 15.5 Å². The molecule has 1 amide bonds. The lowest BCUT2D eigenvalue weighted by molar-refractivity contribution is 0.0959. The smallest absolute Gasteiger partial charge is 0.255 e. The maximum Gasteiger partial charge on any atom is 0.255 e. The predicted octanol–water partition coefficient (Wildman–Crippen LogP) is -0.266. The first-order valence-electron chi connectivity index (χ1n) is 3.67. The Morgan fingerprint density at radius 3 is 3.00 bits per heavy atom. The zero-order valence-corrected chi connectivity index (χ0v) is 7.94. The summed E-state index contributed by atoms with van der Waals surface area (Å²) in [4.78, 5) is 11.6. The van der Waals surface area contributed by atoms with Crippen molar-refractivity contribution in [2.75, 3.05) is 6.54 Å². The van der Waals surface area contributed by atoms with Gasteiger partial charge in [-0.2, -0.15) is 5.10 Å². The van der Waals surface area contributed by atoms with Crippen LogP contribution < -0.4 is 11.1 Å². The molecule has 0 fully saturated rings. The van der Waals surface area contributed by atoms with Crippen molar-refractivity contribution in [3.63, 3.8) is 0 Å². The number of nitrogens with two attached hydrogens (primary N) is 1. The van der Waals surface area contributed by atoms with E-state index in [-0.39, 0.29) is 17.4 Å². The molecule has 70 valence electrons. The van der Waals surface area contributed by atoms with Crippen LogP contribution in [-0.4, -0.2) is 27.6 Å². The number of amides is 1. The third-order valence-electron chi connectivity index (χ3n) is 1.50. The van der Waals surface area contributed by atoms with Crippen molar-refractivity contribution >= 4 is 23.1 Å². The van der Waals surface area contributed by atoms with Crippen LogP contribution >= 0.6 is 12.2 Å². The highest BCUT2D eigenvalue weighted by Crippen LogP contribution is 2.00. The molecule has 0 aliphatic rings. The zero-order valence-electron chi connectivity index (χ0n) is 7.13. The molecule has 1 aromatic rings. The molecule has 1 heterocycles. The minimum absolute atomic E-state index is 0.207. The number of hydrogen-bond donors (Lipinski definition) is 3. The SMILES string of the molecule is Cc1[nH]ncc1C(=O)NCC(N)=S. The van der Waals surface area contributed by atoms with Gasteiger partial charge in [0.2, 0.25) is 0 Å². The summed E-state index contributed by atoms with van der Waals surface area (Å²) in [5.41, 5.74) is 6.46. The summed E-state index contributed by atoms with van der Waals surface area (Å²) < 4.78 is 0. The van der Waals surface area contributed by atoms with E-state index in [9.17, 15) is 4.79 Å². The summed E-state index contributed by atoms with van der Waals surface area (Å²) in [7, 11) is 0. The zero-order chi connectivity index (χ0) is 9.84. The van der Waals surface area contributed by atoms with Crippen molar-refractivity contribution in [2.45, 2.75) is 6.92 Å². The molecule has 5 nitrogen and oxygen atoms in total. The van der Waals surface area contributed by atoms with E-state index >= 15 is 0 Å². The Balaban J connectivity index is 2.59. The van der Waals surface area contributed by atoms with Crippen LogP contribution in [0.2, 0.25) is 0 Å². The highest BCUT2D eigenvalue weighted by Gasteiger charge is 2.09. The summed E-state index contributed by atoms with van der Waals surface area (Å²) in [6.07, 6.45) is 1.46. The van der Waals surface area contributed by atoms with Crippen LogP contribution in [0, 0.1) is 6.92 Å². The summed E-state index contributed by atoms with van der Waals surface area (Å²) >= 11 is 4.62.